The van der Waals surface area contributed by atoms with Gasteiger partial charge in [0.1, 0.15) is 6.10 Å². The molecule has 1 aromatic rings. The van der Waals surface area contributed by atoms with Gasteiger partial charge in [-0.2, -0.15) is 0 Å². The molecule has 2 aliphatic carbocycles. The SMILES string of the molecule is Cc1ccc(NC(=O)O[C@H]2CC[C@@]3(C)[C@@H](CC[C@@H](O)[C@H]3CC(=O)N3CC[C@@H](O)C3)[C@]2(C)CO)cc1. The maximum absolute atomic E-state index is 13.0. The summed E-state index contributed by atoms with van der Waals surface area (Å²) in [6.45, 7) is 6.81. The van der Waals surface area contributed by atoms with Gasteiger partial charge in [-0.25, -0.2) is 4.79 Å². The molecule has 3 aliphatic rings. The Balaban J connectivity index is 1.48. The average Bonchev–Trinajstić information content (AvgIpc) is 3.26. The summed E-state index contributed by atoms with van der Waals surface area (Å²) in [6.07, 6.45) is 1.19. The predicted molar refractivity (Wildman–Crippen MR) is 132 cm³/mol. The first-order valence-corrected chi connectivity index (χ1v) is 12.9. The van der Waals surface area contributed by atoms with Crippen molar-refractivity contribution in [1.82, 2.24) is 4.90 Å². The minimum atomic E-state index is -0.692. The lowest BCUT2D eigenvalue weighted by Gasteiger charge is -2.60. The number of β-amino-alcohol motifs (C(OH)–C–C–N with tert-alkyl or cyclic N) is 1. The van der Waals surface area contributed by atoms with Crippen molar-refractivity contribution < 1.29 is 29.6 Å². The second-order valence-corrected chi connectivity index (χ2v) is 11.4. The Labute approximate surface area is 207 Å². The monoisotopic (exact) mass is 488 g/mol. The molecule has 1 heterocycles. The first-order chi connectivity index (χ1) is 16.6. The fourth-order valence-electron chi connectivity index (χ4n) is 6.98. The van der Waals surface area contributed by atoms with Gasteiger partial charge in [-0.3, -0.25) is 10.1 Å². The molecule has 1 aliphatic heterocycles. The second kappa shape index (κ2) is 10.1. The Morgan fingerprint density at radius 2 is 1.83 bits per heavy atom. The fourth-order valence-corrected chi connectivity index (χ4v) is 6.98. The summed E-state index contributed by atoms with van der Waals surface area (Å²) in [7, 11) is 0. The lowest BCUT2D eigenvalue weighted by Crippen LogP contribution is -2.61. The van der Waals surface area contributed by atoms with Crippen molar-refractivity contribution >= 4 is 17.7 Å². The van der Waals surface area contributed by atoms with Gasteiger partial charge in [0.05, 0.1) is 18.8 Å². The van der Waals surface area contributed by atoms with E-state index >= 15 is 0 Å². The Bertz CT molecular complexity index is 923. The zero-order chi connectivity index (χ0) is 25.4. The maximum atomic E-state index is 13.0. The Morgan fingerprint density at radius 3 is 2.46 bits per heavy atom. The van der Waals surface area contributed by atoms with Crippen molar-refractivity contribution in [1.29, 1.82) is 0 Å². The van der Waals surface area contributed by atoms with Crippen LogP contribution in [0, 0.1) is 29.6 Å². The summed E-state index contributed by atoms with van der Waals surface area (Å²) in [4.78, 5) is 27.4. The van der Waals surface area contributed by atoms with Crippen molar-refractivity contribution in [2.75, 3.05) is 25.0 Å². The normalized spacial score (nSPS) is 37.0. The third-order valence-electron chi connectivity index (χ3n) is 9.13. The van der Waals surface area contributed by atoms with Crippen LogP contribution in [0.3, 0.4) is 0 Å². The molecule has 2 amide bonds. The van der Waals surface area contributed by atoms with Crippen LogP contribution >= 0.6 is 0 Å². The number of nitrogens with zero attached hydrogens (tertiary/aromatic N) is 1. The molecule has 0 radical (unpaired) electrons. The van der Waals surface area contributed by atoms with Gasteiger partial charge in [0.25, 0.3) is 0 Å². The van der Waals surface area contributed by atoms with Crippen molar-refractivity contribution in [2.24, 2.45) is 22.7 Å². The number of aryl methyl sites for hydroxylation is 1. The molecule has 1 saturated heterocycles. The molecule has 35 heavy (non-hydrogen) atoms. The van der Waals surface area contributed by atoms with Crippen molar-refractivity contribution in [2.45, 2.75) is 77.6 Å². The van der Waals surface area contributed by atoms with Crippen LogP contribution in [0.5, 0.6) is 0 Å². The first kappa shape index (κ1) is 25.9. The number of nitrogens with one attached hydrogen (secondary N) is 1. The number of fused-ring (bicyclic) bond motifs is 1. The van der Waals surface area contributed by atoms with Gasteiger partial charge in [0.2, 0.25) is 5.91 Å². The van der Waals surface area contributed by atoms with E-state index in [-0.39, 0.29) is 36.2 Å². The number of hydrogen-bond acceptors (Lipinski definition) is 6. The van der Waals surface area contributed by atoms with Crippen LogP contribution in [0.15, 0.2) is 24.3 Å². The number of amides is 2. The van der Waals surface area contributed by atoms with E-state index in [9.17, 15) is 24.9 Å². The van der Waals surface area contributed by atoms with E-state index in [1.807, 2.05) is 38.1 Å². The van der Waals surface area contributed by atoms with E-state index in [1.165, 1.54) is 0 Å². The van der Waals surface area contributed by atoms with E-state index in [1.54, 1.807) is 4.90 Å². The summed E-state index contributed by atoms with van der Waals surface area (Å²) in [6, 6.07) is 7.47. The standard InChI is InChI=1S/C27H40N2O6/c1-17-4-6-18(7-5-17)28-25(34)35-23-10-12-26(2)20(14-24(33)29-13-11-19(31)15-29)21(32)8-9-22(26)27(23,3)16-30/h4-7,19-23,30-32H,8-16H2,1-3H3,(H,28,34)/t19-,20-,21-,22-,23+,26-,27+/m1/s1. The largest absolute Gasteiger partial charge is 0.445 e. The molecule has 2 saturated carbocycles. The molecular formula is C27H40N2O6. The summed E-state index contributed by atoms with van der Waals surface area (Å²) in [5.41, 5.74) is 0.675. The third-order valence-corrected chi connectivity index (χ3v) is 9.13. The number of benzene rings is 1. The van der Waals surface area contributed by atoms with Gasteiger partial charge in [-0.15, -0.1) is 0 Å². The molecule has 1 aromatic carbocycles. The van der Waals surface area contributed by atoms with Crippen molar-refractivity contribution in [3.8, 4) is 0 Å². The van der Waals surface area contributed by atoms with Crippen molar-refractivity contribution in [3.63, 3.8) is 0 Å². The van der Waals surface area contributed by atoms with Gasteiger partial charge in [-0.05, 0) is 68.4 Å². The number of rotatable bonds is 5. The van der Waals surface area contributed by atoms with Crippen LogP contribution in [-0.2, 0) is 9.53 Å². The third kappa shape index (κ3) is 5.06. The molecule has 0 spiro atoms. The van der Waals surface area contributed by atoms with E-state index in [0.717, 1.165) is 5.56 Å². The van der Waals surface area contributed by atoms with Crippen LogP contribution < -0.4 is 5.32 Å². The summed E-state index contributed by atoms with van der Waals surface area (Å²) in [5, 5.41) is 34.2. The van der Waals surface area contributed by atoms with E-state index in [0.29, 0.717) is 50.9 Å². The highest BCUT2D eigenvalue weighted by Gasteiger charge is 2.60. The molecule has 8 nitrogen and oxygen atoms in total. The maximum Gasteiger partial charge on any atom is 0.411 e. The average molecular weight is 489 g/mol. The van der Waals surface area contributed by atoms with Crippen LogP contribution in [0.2, 0.25) is 0 Å². The zero-order valence-corrected chi connectivity index (χ0v) is 21.1. The number of carbonyl (C=O) groups excluding carboxylic acids is 2. The van der Waals surface area contributed by atoms with E-state index in [4.69, 9.17) is 4.74 Å². The smallest absolute Gasteiger partial charge is 0.411 e. The van der Waals surface area contributed by atoms with Crippen molar-refractivity contribution in [3.05, 3.63) is 29.8 Å². The fraction of sp³-hybridized carbons (Fsp3) is 0.704. The number of carbonyl (C=O) groups is 2. The lowest BCUT2D eigenvalue weighted by atomic mass is 9.46. The molecular weight excluding hydrogens is 448 g/mol. The predicted octanol–water partition coefficient (Wildman–Crippen LogP) is 3.08. The molecule has 0 aromatic heterocycles. The number of hydrogen-bond donors (Lipinski definition) is 4. The highest BCUT2D eigenvalue weighted by molar-refractivity contribution is 5.84. The topological polar surface area (TPSA) is 119 Å². The Morgan fingerprint density at radius 1 is 1.11 bits per heavy atom. The van der Waals surface area contributed by atoms with Crippen LogP contribution in [0.25, 0.3) is 0 Å². The van der Waals surface area contributed by atoms with Crippen LogP contribution in [-0.4, -0.2) is 70.2 Å². The molecule has 0 unspecified atom stereocenters. The quantitative estimate of drug-likeness (QED) is 0.506. The van der Waals surface area contributed by atoms with Crippen LogP contribution in [0.4, 0.5) is 10.5 Å². The molecule has 4 rings (SSSR count). The van der Waals surface area contributed by atoms with E-state index < -0.39 is 29.8 Å². The molecule has 194 valence electrons. The summed E-state index contributed by atoms with van der Waals surface area (Å²) in [5.74, 6) is -0.301. The van der Waals surface area contributed by atoms with Gasteiger partial charge >= 0.3 is 6.09 Å². The Kier molecular flexibility index (Phi) is 7.46. The number of aliphatic hydroxyl groups excluding tert-OH is 3. The minimum absolute atomic E-state index is 0.0173. The van der Waals surface area contributed by atoms with Gasteiger partial charge in [-0.1, -0.05) is 31.5 Å². The highest BCUT2D eigenvalue weighted by Crippen LogP contribution is 2.61. The second-order valence-electron chi connectivity index (χ2n) is 11.4. The molecule has 7 atom stereocenters. The minimum Gasteiger partial charge on any atom is -0.445 e. The van der Waals surface area contributed by atoms with Gasteiger partial charge < -0.3 is 25.0 Å². The number of anilines is 1. The number of aliphatic hydroxyl groups is 3. The summed E-state index contributed by atoms with van der Waals surface area (Å²) < 4.78 is 5.89. The Hall–Kier alpha value is -2.16. The highest BCUT2D eigenvalue weighted by atomic mass is 16.6. The number of likely N-dealkylation sites (tertiary alicyclic amines) is 1. The van der Waals surface area contributed by atoms with E-state index in [2.05, 4.69) is 12.2 Å². The molecule has 4 N–H and O–H groups in total. The van der Waals surface area contributed by atoms with Gasteiger partial charge in [0, 0.05) is 30.6 Å². The summed E-state index contributed by atoms with van der Waals surface area (Å²) >= 11 is 0. The zero-order valence-electron chi connectivity index (χ0n) is 21.1. The lowest BCUT2D eigenvalue weighted by molar-refractivity contribution is -0.186. The molecule has 8 heteroatoms. The first-order valence-electron chi connectivity index (χ1n) is 12.9. The molecule has 0 bridgehead atoms. The number of ether oxygens (including phenoxy) is 1. The van der Waals surface area contributed by atoms with Gasteiger partial charge in [0.15, 0.2) is 0 Å². The molecule has 3 fully saturated rings. The van der Waals surface area contributed by atoms with Crippen LogP contribution in [0.1, 0.15) is 57.9 Å².